The number of benzene rings is 3. The van der Waals surface area contributed by atoms with Gasteiger partial charge in [0, 0.05) is 36.6 Å². The first-order chi connectivity index (χ1) is 18.8. The minimum Gasteiger partial charge on any atom is -0.497 e. The summed E-state index contributed by atoms with van der Waals surface area (Å²) >= 11 is 0. The van der Waals surface area contributed by atoms with Crippen molar-refractivity contribution in [1.82, 2.24) is 14.4 Å². The summed E-state index contributed by atoms with van der Waals surface area (Å²) < 4.78 is 20.7. The molecule has 0 aliphatic heterocycles. The number of amides is 2. The quantitative estimate of drug-likeness (QED) is 0.249. The van der Waals surface area contributed by atoms with Crippen LogP contribution in [0.25, 0.3) is 0 Å². The number of rotatable bonds is 11. The molecule has 0 N–H and O–H groups in total. The second-order valence-electron chi connectivity index (χ2n) is 9.75. The Bertz CT molecular complexity index is 1380. The van der Waals surface area contributed by atoms with Gasteiger partial charge in [-0.2, -0.15) is 0 Å². The summed E-state index contributed by atoms with van der Waals surface area (Å²) in [5.41, 5.74) is 3.37. The van der Waals surface area contributed by atoms with Crippen molar-refractivity contribution in [3.05, 3.63) is 125 Å². The van der Waals surface area contributed by atoms with Crippen LogP contribution in [0.1, 0.15) is 41.0 Å². The second kappa shape index (κ2) is 12.9. The van der Waals surface area contributed by atoms with Crippen molar-refractivity contribution in [3.8, 4) is 5.75 Å². The Morgan fingerprint density at radius 2 is 1.62 bits per heavy atom. The number of hydrogen-bond acceptors (Lipinski definition) is 3. The molecule has 4 rings (SSSR count). The lowest BCUT2D eigenvalue weighted by Crippen LogP contribution is -2.45. The molecule has 0 saturated heterocycles. The number of aromatic nitrogens is 1. The maximum Gasteiger partial charge on any atom is 0.254 e. The van der Waals surface area contributed by atoms with Crippen LogP contribution in [0.5, 0.6) is 5.75 Å². The summed E-state index contributed by atoms with van der Waals surface area (Å²) in [6, 6.07) is 26.9. The van der Waals surface area contributed by atoms with E-state index < -0.39 is 0 Å². The van der Waals surface area contributed by atoms with E-state index in [4.69, 9.17) is 4.74 Å². The van der Waals surface area contributed by atoms with E-state index in [0.717, 1.165) is 16.8 Å². The van der Waals surface area contributed by atoms with Crippen LogP contribution in [0, 0.1) is 5.82 Å². The third-order valence-corrected chi connectivity index (χ3v) is 6.62. The zero-order chi connectivity index (χ0) is 27.8. The lowest BCUT2D eigenvalue weighted by molar-refractivity contribution is -0.133. The van der Waals surface area contributed by atoms with Gasteiger partial charge in [-0.3, -0.25) is 9.59 Å². The van der Waals surface area contributed by atoms with Crippen molar-refractivity contribution in [2.75, 3.05) is 13.7 Å². The van der Waals surface area contributed by atoms with Gasteiger partial charge in [-0.1, -0.05) is 48.5 Å². The molecule has 4 aromatic rings. The molecule has 3 aromatic carbocycles. The van der Waals surface area contributed by atoms with Crippen LogP contribution >= 0.6 is 0 Å². The lowest BCUT2D eigenvalue weighted by atomic mass is 10.1. The molecule has 1 heterocycles. The largest absolute Gasteiger partial charge is 0.497 e. The fourth-order valence-corrected chi connectivity index (χ4v) is 4.42. The van der Waals surface area contributed by atoms with Gasteiger partial charge >= 0.3 is 0 Å². The molecule has 0 aliphatic rings. The van der Waals surface area contributed by atoms with Crippen LogP contribution in [0.3, 0.4) is 0 Å². The first-order valence-electron chi connectivity index (χ1n) is 13.0. The Balaban J connectivity index is 1.57. The minimum atomic E-state index is -0.274. The van der Waals surface area contributed by atoms with E-state index in [-0.39, 0.29) is 30.2 Å². The van der Waals surface area contributed by atoms with Crippen molar-refractivity contribution < 1.29 is 18.7 Å². The molecule has 0 bridgehead atoms. The van der Waals surface area contributed by atoms with Gasteiger partial charge in [0.15, 0.2) is 0 Å². The van der Waals surface area contributed by atoms with Gasteiger partial charge in [0.1, 0.15) is 18.1 Å². The molecule has 2 amide bonds. The highest BCUT2D eigenvalue weighted by molar-refractivity contribution is 5.97. The Morgan fingerprint density at radius 3 is 2.31 bits per heavy atom. The summed E-state index contributed by atoms with van der Waals surface area (Å²) in [6.07, 6.45) is 1.95. The third-order valence-electron chi connectivity index (χ3n) is 6.62. The molecule has 0 radical (unpaired) electrons. The molecule has 202 valence electrons. The highest BCUT2D eigenvalue weighted by Crippen LogP contribution is 2.18. The number of hydrogen-bond donors (Lipinski definition) is 0. The molecule has 1 aromatic heterocycles. The zero-order valence-electron chi connectivity index (χ0n) is 22.6. The fourth-order valence-electron chi connectivity index (χ4n) is 4.42. The Kier molecular flexibility index (Phi) is 9.15. The van der Waals surface area contributed by atoms with Crippen LogP contribution in [0.15, 0.2) is 97.2 Å². The van der Waals surface area contributed by atoms with E-state index in [1.165, 1.54) is 12.1 Å². The van der Waals surface area contributed by atoms with E-state index in [1.807, 2.05) is 62.5 Å². The maximum atomic E-state index is 13.8. The number of carbonyl (C=O) groups excluding carboxylic acids is 2. The van der Waals surface area contributed by atoms with Gasteiger partial charge in [0.25, 0.3) is 5.91 Å². The van der Waals surface area contributed by atoms with Gasteiger partial charge in [-0.15, -0.1) is 0 Å². The molecule has 7 heteroatoms. The van der Waals surface area contributed by atoms with Gasteiger partial charge in [0.2, 0.25) is 5.91 Å². The van der Waals surface area contributed by atoms with Gasteiger partial charge in [0.05, 0.1) is 13.7 Å². The van der Waals surface area contributed by atoms with E-state index in [1.54, 1.807) is 53.3 Å². The standard InChI is InChI=1S/C32H34FN3O3/c1-24(2)36(32(38)27-11-7-13-30(19-27)39-3)23-31(37)35(21-25-9-5-4-6-10-25)22-29-12-8-18-34(29)20-26-14-16-28(33)17-15-26/h4-19,24H,20-23H2,1-3H3. The van der Waals surface area contributed by atoms with E-state index in [2.05, 4.69) is 4.57 Å². The SMILES string of the molecule is COc1cccc(C(=O)N(CC(=O)N(Cc2ccccc2)Cc2cccn2Cc2ccc(F)cc2)C(C)C)c1. The number of ether oxygens (including phenoxy) is 1. The van der Waals surface area contributed by atoms with E-state index in [9.17, 15) is 14.0 Å². The topological polar surface area (TPSA) is 54.8 Å². The fraction of sp³-hybridized carbons (Fsp3) is 0.250. The summed E-state index contributed by atoms with van der Waals surface area (Å²) in [7, 11) is 1.56. The molecular weight excluding hydrogens is 493 g/mol. The Labute approximate surface area is 229 Å². The summed E-state index contributed by atoms with van der Waals surface area (Å²) in [6.45, 7) is 5.07. The van der Waals surface area contributed by atoms with Crippen LogP contribution in [0.2, 0.25) is 0 Å². The van der Waals surface area contributed by atoms with Crippen LogP contribution in [0.4, 0.5) is 4.39 Å². The second-order valence-corrected chi connectivity index (χ2v) is 9.75. The number of halogens is 1. The molecule has 0 spiro atoms. The first-order valence-corrected chi connectivity index (χ1v) is 13.0. The van der Waals surface area contributed by atoms with Crippen LogP contribution < -0.4 is 4.74 Å². The Hall–Kier alpha value is -4.39. The van der Waals surface area contributed by atoms with Crippen LogP contribution in [-0.4, -0.2) is 45.9 Å². The normalized spacial score (nSPS) is 10.9. The predicted molar refractivity (Wildman–Crippen MR) is 150 cm³/mol. The first kappa shape index (κ1) is 27.6. The molecule has 0 atom stereocenters. The molecule has 0 unspecified atom stereocenters. The predicted octanol–water partition coefficient (Wildman–Crippen LogP) is 5.76. The highest BCUT2D eigenvalue weighted by atomic mass is 19.1. The lowest BCUT2D eigenvalue weighted by Gasteiger charge is -2.30. The van der Waals surface area contributed by atoms with Crippen molar-refractivity contribution in [2.45, 2.75) is 39.5 Å². The molecule has 0 fully saturated rings. The van der Waals surface area contributed by atoms with Crippen molar-refractivity contribution in [3.63, 3.8) is 0 Å². The summed E-state index contributed by atoms with van der Waals surface area (Å²) in [4.78, 5) is 30.6. The van der Waals surface area contributed by atoms with Crippen molar-refractivity contribution in [1.29, 1.82) is 0 Å². The van der Waals surface area contributed by atoms with Gasteiger partial charge in [-0.25, -0.2) is 4.39 Å². The van der Waals surface area contributed by atoms with Crippen LogP contribution in [-0.2, 0) is 24.4 Å². The molecule has 0 aliphatic carbocycles. The average Bonchev–Trinajstić information content (AvgIpc) is 3.38. The van der Waals surface area contributed by atoms with Crippen molar-refractivity contribution in [2.24, 2.45) is 0 Å². The average molecular weight is 528 g/mol. The maximum absolute atomic E-state index is 13.8. The molecular formula is C32H34FN3O3. The number of carbonyl (C=O) groups is 2. The number of methoxy groups -OCH3 is 1. The molecule has 6 nitrogen and oxygen atoms in total. The van der Waals surface area contributed by atoms with Gasteiger partial charge < -0.3 is 19.1 Å². The van der Waals surface area contributed by atoms with E-state index in [0.29, 0.717) is 30.9 Å². The summed E-state index contributed by atoms with van der Waals surface area (Å²) in [5.74, 6) is -0.0669. The Morgan fingerprint density at radius 1 is 0.872 bits per heavy atom. The third kappa shape index (κ3) is 7.35. The molecule has 39 heavy (non-hydrogen) atoms. The summed E-state index contributed by atoms with van der Waals surface area (Å²) in [5, 5.41) is 0. The molecule has 0 saturated carbocycles. The number of nitrogens with zero attached hydrogens (tertiary/aromatic N) is 3. The van der Waals surface area contributed by atoms with Crippen molar-refractivity contribution >= 4 is 11.8 Å². The zero-order valence-corrected chi connectivity index (χ0v) is 22.6. The minimum absolute atomic E-state index is 0.0563. The van der Waals surface area contributed by atoms with E-state index >= 15 is 0 Å². The smallest absolute Gasteiger partial charge is 0.254 e. The monoisotopic (exact) mass is 527 g/mol. The highest BCUT2D eigenvalue weighted by Gasteiger charge is 2.25. The van der Waals surface area contributed by atoms with Gasteiger partial charge in [-0.05, 0) is 67.4 Å².